The molecule has 1 fully saturated rings. The number of hydrogen-bond donors (Lipinski definition) is 0. The summed E-state index contributed by atoms with van der Waals surface area (Å²) in [4.78, 5) is 22.3. The molecule has 1 aromatic heterocycles. The molecule has 6 heteroatoms. The first-order valence-corrected chi connectivity index (χ1v) is 6.97. The second kappa shape index (κ2) is 6.05. The van der Waals surface area contributed by atoms with Crippen molar-refractivity contribution < 1.29 is 14.3 Å². The van der Waals surface area contributed by atoms with Crippen LogP contribution in [-0.2, 0) is 9.53 Å². The van der Waals surface area contributed by atoms with Crippen molar-refractivity contribution in [3.63, 3.8) is 0 Å². The highest BCUT2D eigenvalue weighted by Crippen LogP contribution is 2.24. The Morgan fingerprint density at radius 1 is 1.38 bits per heavy atom. The van der Waals surface area contributed by atoms with Gasteiger partial charge in [-0.05, 0) is 19.1 Å². The van der Waals surface area contributed by atoms with Crippen LogP contribution in [0.4, 0.5) is 0 Å². The molecule has 110 valence electrons. The van der Waals surface area contributed by atoms with E-state index in [-0.39, 0.29) is 5.91 Å². The lowest BCUT2D eigenvalue weighted by molar-refractivity contribution is -0.142. The van der Waals surface area contributed by atoms with E-state index >= 15 is 0 Å². The summed E-state index contributed by atoms with van der Waals surface area (Å²) < 4.78 is 11.1. The molecule has 1 aromatic carbocycles. The topological polar surface area (TPSA) is 64.6 Å². The minimum atomic E-state index is -0.547. The normalized spacial score (nSPS) is 16.7. The third-order valence-corrected chi connectivity index (χ3v) is 3.48. The smallest absolute Gasteiger partial charge is 0.263 e. The predicted molar refractivity (Wildman–Crippen MR) is 77.0 cm³/mol. The van der Waals surface area contributed by atoms with Crippen molar-refractivity contribution in [2.45, 2.75) is 13.0 Å². The number of morpholine rings is 1. The molecule has 0 spiro atoms. The number of ether oxygens (including phenoxy) is 2. The van der Waals surface area contributed by atoms with Crippen LogP contribution in [0.1, 0.15) is 6.92 Å². The van der Waals surface area contributed by atoms with E-state index in [1.165, 1.54) is 6.33 Å². The van der Waals surface area contributed by atoms with Gasteiger partial charge in [0.2, 0.25) is 0 Å². The molecule has 1 atom stereocenters. The number of hydrogen-bond acceptors (Lipinski definition) is 5. The van der Waals surface area contributed by atoms with E-state index in [1.807, 2.05) is 18.2 Å². The molecule has 3 rings (SSSR count). The van der Waals surface area contributed by atoms with Crippen molar-refractivity contribution >= 4 is 16.8 Å². The molecule has 21 heavy (non-hydrogen) atoms. The molecule has 1 saturated heterocycles. The fourth-order valence-electron chi connectivity index (χ4n) is 2.36. The molecule has 0 saturated carbocycles. The van der Waals surface area contributed by atoms with Crippen molar-refractivity contribution in [3.05, 3.63) is 30.7 Å². The minimum absolute atomic E-state index is 0.0212. The molecule has 0 bridgehead atoms. The van der Waals surface area contributed by atoms with E-state index in [9.17, 15) is 4.79 Å². The van der Waals surface area contributed by atoms with Gasteiger partial charge >= 0.3 is 0 Å². The standard InChI is InChI=1S/C15H17N3O3/c1-11(15(19)18-5-7-20-8-6-18)21-14-4-2-3-13-12(14)9-16-10-17-13/h2-4,9-11H,5-8H2,1H3/t11-/m1/s1. The first-order valence-electron chi connectivity index (χ1n) is 6.97. The fourth-order valence-corrected chi connectivity index (χ4v) is 2.36. The van der Waals surface area contributed by atoms with E-state index in [0.717, 1.165) is 10.9 Å². The van der Waals surface area contributed by atoms with Crippen LogP contribution in [0.25, 0.3) is 10.9 Å². The van der Waals surface area contributed by atoms with Gasteiger partial charge in [0, 0.05) is 19.3 Å². The Hall–Kier alpha value is -2.21. The molecule has 6 nitrogen and oxygen atoms in total. The van der Waals surface area contributed by atoms with Crippen LogP contribution in [0, 0.1) is 0 Å². The van der Waals surface area contributed by atoms with Gasteiger partial charge in [-0.1, -0.05) is 6.07 Å². The largest absolute Gasteiger partial charge is 0.480 e. The van der Waals surface area contributed by atoms with Gasteiger partial charge in [0.05, 0.1) is 24.1 Å². The van der Waals surface area contributed by atoms with E-state index in [4.69, 9.17) is 9.47 Å². The molecule has 0 radical (unpaired) electrons. The van der Waals surface area contributed by atoms with Crippen molar-refractivity contribution in [1.82, 2.24) is 14.9 Å². The Labute approximate surface area is 122 Å². The summed E-state index contributed by atoms with van der Waals surface area (Å²) >= 11 is 0. The van der Waals surface area contributed by atoms with Crippen molar-refractivity contribution in [3.8, 4) is 5.75 Å². The maximum atomic E-state index is 12.4. The van der Waals surface area contributed by atoms with E-state index in [2.05, 4.69) is 9.97 Å². The highest BCUT2D eigenvalue weighted by Gasteiger charge is 2.24. The zero-order valence-corrected chi connectivity index (χ0v) is 11.9. The average molecular weight is 287 g/mol. The number of carbonyl (C=O) groups excluding carboxylic acids is 1. The van der Waals surface area contributed by atoms with Crippen molar-refractivity contribution in [2.75, 3.05) is 26.3 Å². The van der Waals surface area contributed by atoms with E-state index < -0.39 is 6.10 Å². The lowest BCUT2D eigenvalue weighted by Crippen LogP contribution is -2.46. The molecular weight excluding hydrogens is 270 g/mol. The highest BCUT2D eigenvalue weighted by molar-refractivity contribution is 5.85. The quantitative estimate of drug-likeness (QED) is 0.850. The number of benzene rings is 1. The van der Waals surface area contributed by atoms with Gasteiger partial charge in [-0.3, -0.25) is 4.79 Å². The van der Waals surface area contributed by atoms with Gasteiger partial charge in [0.25, 0.3) is 5.91 Å². The molecule has 0 unspecified atom stereocenters. The maximum Gasteiger partial charge on any atom is 0.263 e. The van der Waals surface area contributed by atoms with Crippen molar-refractivity contribution in [2.24, 2.45) is 0 Å². The zero-order valence-electron chi connectivity index (χ0n) is 11.9. The van der Waals surface area contributed by atoms with Crippen LogP contribution >= 0.6 is 0 Å². The van der Waals surface area contributed by atoms with Crippen LogP contribution in [-0.4, -0.2) is 53.2 Å². The minimum Gasteiger partial charge on any atom is -0.480 e. The van der Waals surface area contributed by atoms with E-state index in [1.54, 1.807) is 18.0 Å². The first kappa shape index (κ1) is 13.8. The summed E-state index contributed by atoms with van der Waals surface area (Å²) in [6.07, 6.45) is 2.65. The molecule has 1 aliphatic rings. The van der Waals surface area contributed by atoms with Gasteiger partial charge in [0.1, 0.15) is 12.1 Å². The third kappa shape index (κ3) is 2.95. The summed E-state index contributed by atoms with van der Waals surface area (Å²) in [7, 11) is 0. The molecule has 2 heterocycles. The third-order valence-electron chi connectivity index (χ3n) is 3.48. The number of carbonyl (C=O) groups is 1. The molecular formula is C15H17N3O3. The number of nitrogens with zero attached hydrogens (tertiary/aromatic N) is 3. The van der Waals surface area contributed by atoms with Crippen LogP contribution in [0.15, 0.2) is 30.7 Å². The SMILES string of the molecule is C[C@@H](Oc1cccc2ncncc12)C(=O)N1CCOCC1. The Bertz CT molecular complexity index is 636. The molecule has 0 aliphatic carbocycles. The monoisotopic (exact) mass is 287 g/mol. The van der Waals surface area contributed by atoms with Gasteiger partial charge in [-0.15, -0.1) is 0 Å². The average Bonchev–Trinajstić information content (AvgIpc) is 2.55. The number of aromatic nitrogens is 2. The van der Waals surface area contributed by atoms with Gasteiger partial charge in [-0.2, -0.15) is 0 Å². The Kier molecular flexibility index (Phi) is 3.96. The highest BCUT2D eigenvalue weighted by atomic mass is 16.5. The fraction of sp³-hybridized carbons (Fsp3) is 0.400. The lowest BCUT2D eigenvalue weighted by Gasteiger charge is -2.29. The van der Waals surface area contributed by atoms with E-state index in [0.29, 0.717) is 32.1 Å². The van der Waals surface area contributed by atoms with Gasteiger partial charge < -0.3 is 14.4 Å². The van der Waals surface area contributed by atoms with Crippen LogP contribution < -0.4 is 4.74 Å². The summed E-state index contributed by atoms with van der Waals surface area (Å²) in [6.45, 7) is 4.16. The van der Waals surface area contributed by atoms with Gasteiger partial charge in [0.15, 0.2) is 6.10 Å². The van der Waals surface area contributed by atoms with Gasteiger partial charge in [-0.25, -0.2) is 9.97 Å². The predicted octanol–water partition coefficient (Wildman–Crippen LogP) is 1.26. The van der Waals surface area contributed by atoms with Crippen LogP contribution in [0.3, 0.4) is 0 Å². The second-order valence-corrected chi connectivity index (χ2v) is 4.91. The molecule has 0 N–H and O–H groups in total. The second-order valence-electron chi connectivity index (χ2n) is 4.91. The number of amides is 1. The lowest BCUT2D eigenvalue weighted by atomic mass is 10.2. The summed E-state index contributed by atoms with van der Waals surface area (Å²) in [6, 6.07) is 5.57. The number of rotatable bonds is 3. The molecule has 2 aromatic rings. The first-order chi connectivity index (χ1) is 10.3. The Morgan fingerprint density at radius 2 is 2.19 bits per heavy atom. The van der Waals surface area contributed by atoms with Crippen LogP contribution in [0.5, 0.6) is 5.75 Å². The summed E-state index contributed by atoms with van der Waals surface area (Å²) in [5, 5.41) is 0.807. The molecule has 1 aliphatic heterocycles. The summed E-state index contributed by atoms with van der Waals surface area (Å²) in [5.74, 6) is 0.606. The van der Waals surface area contributed by atoms with Crippen molar-refractivity contribution in [1.29, 1.82) is 0 Å². The number of fused-ring (bicyclic) bond motifs is 1. The molecule has 1 amide bonds. The Morgan fingerprint density at radius 3 is 3.00 bits per heavy atom. The Balaban J connectivity index is 1.76. The maximum absolute atomic E-state index is 12.4. The van der Waals surface area contributed by atoms with Crippen LogP contribution in [0.2, 0.25) is 0 Å². The zero-order chi connectivity index (χ0) is 14.7. The summed E-state index contributed by atoms with van der Waals surface area (Å²) in [5.41, 5.74) is 0.800.